The average Bonchev–Trinajstić information content (AvgIpc) is 2.44. The van der Waals surface area contributed by atoms with E-state index in [1.807, 2.05) is 6.07 Å². The molecule has 80 valence electrons. The Kier molecular flexibility index (Phi) is 1.99. The molecule has 3 rings (SSSR count). The first kappa shape index (κ1) is 9.22. The fourth-order valence-electron chi connectivity index (χ4n) is 3.27. The van der Waals surface area contributed by atoms with Gasteiger partial charge < -0.3 is 11.5 Å². The van der Waals surface area contributed by atoms with E-state index in [4.69, 9.17) is 11.5 Å². The predicted octanol–water partition coefficient (Wildman–Crippen LogP) is 1.72. The molecule has 0 aromatic heterocycles. The summed E-state index contributed by atoms with van der Waals surface area (Å²) in [5.41, 5.74) is 15.9. The Balaban J connectivity index is 2.02. The Morgan fingerprint density at radius 3 is 2.40 bits per heavy atom. The summed E-state index contributed by atoms with van der Waals surface area (Å²) in [6, 6.07) is 6.77. The second-order valence-electron chi connectivity index (χ2n) is 5.11. The molecule has 1 aromatic rings. The van der Waals surface area contributed by atoms with E-state index in [1.165, 1.54) is 24.0 Å². The van der Waals surface area contributed by atoms with Gasteiger partial charge in [0.1, 0.15) is 0 Å². The molecule has 3 atom stereocenters. The molecule has 0 heterocycles. The summed E-state index contributed by atoms with van der Waals surface area (Å²) >= 11 is 0. The van der Waals surface area contributed by atoms with Gasteiger partial charge in [0, 0.05) is 11.7 Å². The Morgan fingerprint density at radius 2 is 1.67 bits per heavy atom. The number of nitrogens with two attached hydrogens (primary N) is 2. The first-order chi connectivity index (χ1) is 7.24. The second-order valence-corrected chi connectivity index (χ2v) is 5.11. The van der Waals surface area contributed by atoms with Crippen LogP contribution in [0.1, 0.15) is 24.0 Å². The van der Waals surface area contributed by atoms with Crippen LogP contribution in [0, 0.1) is 11.8 Å². The largest absolute Gasteiger partial charge is 0.399 e. The van der Waals surface area contributed by atoms with Gasteiger partial charge in [-0.25, -0.2) is 0 Å². The fourth-order valence-corrected chi connectivity index (χ4v) is 3.27. The highest BCUT2D eigenvalue weighted by Crippen LogP contribution is 2.39. The Morgan fingerprint density at radius 1 is 1.00 bits per heavy atom. The number of fused-ring (bicyclic) bond motifs is 3. The minimum absolute atomic E-state index is 0.415. The summed E-state index contributed by atoms with van der Waals surface area (Å²) in [6.45, 7) is 0. The second kappa shape index (κ2) is 3.24. The van der Waals surface area contributed by atoms with Crippen LogP contribution >= 0.6 is 0 Å². The van der Waals surface area contributed by atoms with Gasteiger partial charge in [0.25, 0.3) is 0 Å². The van der Waals surface area contributed by atoms with Crippen LogP contribution in [0.5, 0.6) is 0 Å². The molecule has 0 aliphatic heterocycles. The van der Waals surface area contributed by atoms with Gasteiger partial charge in [0.2, 0.25) is 0 Å². The highest BCUT2D eigenvalue weighted by Gasteiger charge is 2.36. The monoisotopic (exact) mass is 202 g/mol. The summed E-state index contributed by atoms with van der Waals surface area (Å²) in [6.07, 6.45) is 4.92. The third kappa shape index (κ3) is 1.44. The molecule has 2 aliphatic carbocycles. The highest BCUT2D eigenvalue weighted by atomic mass is 14.7. The van der Waals surface area contributed by atoms with Crippen LogP contribution in [0.3, 0.4) is 0 Å². The van der Waals surface area contributed by atoms with E-state index in [-0.39, 0.29) is 0 Å². The van der Waals surface area contributed by atoms with Crippen LogP contribution in [-0.2, 0) is 12.8 Å². The molecule has 0 radical (unpaired) electrons. The zero-order chi connectivity index (χ0) is 10.4. The van der Waals surface area contributed by atoms with E-state index in [0.29, 0.717) is 17.9 Å². The molecular weight excluding hydrogens is 184 g/mol. The lowest BCUT2D eigenvalue weighted by Gasteiger charge is -2.15. The van der Waals surface area contributed by atoms with Crippen molar-refractivity contribution < 1.29 is 0 Å². The normalized spacial score (nSPS) is 33.5. The van der Waals surface area contributed by atoms with Gasteiger partial charge in [0.05, 0.1) is 0 Å². The first-order valence-corrected chi connectivity index (χ1v) is 5.87. The van der Waals surface area contributed by atoms with Gasteiger partial charge in [0.15, 0.2) is 0 Å². The van der Waals surface area contributed by atoms with Crippen molar-refractivity contribution in [2.45, 2.75) is 31.7 Å². The molecule has 2 nitrogen and oxygen atoms in total. The summed E-state index contributed by atoms with van der Waals surface area (Å²) in [7, 11) is 0. The molecule has 0 amide bonds. The lowest BCUT2D eigenvalue weighted by Crippen LogP contribution is -2.31. The van der Waals surface area contributed by atoms with Crippen molar-refractivity contribution in [1.82, 2.24) is 0 Å². The van der Waals surface area contributed by atoms with Crippen molar-refractivity contribution in [1.29, 1.82) is 0 Å². The standard InChI is InChI=1S/C13H18N2/c14-12-4-3-8-5-9-1-2-10(13(9)15)6-11(8)7-12/h3-4,7,9-10,13H,1-2,5-6,14-15H2/t9?,10?,13-/m0/s1. The molecule has 2 unspecified atom stereocenters. The van der Waals surface area contributed by atoms with Crippen molar-refractivity contribution in [2.75, 3.05) is 5.73 Å². The summed E-state index contributed by atoms with van der Waals surface area (Å²) in [5.74, 6) is 1.40. The van der Waals surface area contributed by atoms with Crippen LogP contribution < -0.4 is 11.5 Å². The lowest BCUT2D eigenvalue weighted by atomic mass is 9.93. The summed E-state index contributed by atoms with van der Waals surface area (Å²) in [4.78, 5) is 0. The number of hydrogen-bond donors (Lipinski definition) is 2. The number of rotatable bonds is 0. The van der Waals surface area contributed by atoms with E-state index in [9.17, 15) is 0 Å². The third-order valence-corrected chi connectivity index (χ3v) is 4.19. The van der Waals surface area contributed by atoms with Crippen LogP contribution in [0.2, 0.25) is 0 Å². The fraction of sp³-hybridized carbons (Fsp3) is 0.538. The molecule has 4 N–H and O–H groups in total. The molecule has 1 fully saturated rings. The summed E-state index contributed by atoms with van der Waals surface area (Å²) < 4.78 is 0. The number of benzene rings is 1. The van der Waals surface area contributed by atoms with Gasteiger partial charge in [-0.2, -0.15) is 0 Å². The van der Waals surface area contributed by atoms with Gasteiger partial charge >= 0.3 is 0 Å². The van der Waals surface area contributed by atoms with Gasteiger partial charge in [-0.3, -0.25) is 0 Å². The SMILES string of the molecule is Nc1ccc2c(c1)CC1CCC(C2)[C@@H]1N. The molecule has 15 heavy (non-hydrogen) atoms. The van der Waals surface area contributed by atoms with E-state index >= 15 is 0 Å². The summed E-state index contributed by atoms with van der Waals surface area (Å²) in [5, 5.41) is 0. The average molecular weight is 202 g/mol. The lowest BCUT2D eigenvalue weighted by molar-refractivity contribution is 0.421. The first-order valence-electron chi connectivity index (χ1n) is 5.87. The quantitative estimate of drug-likeness (QED) is 0.629. The molecular formula is C13H18N2. The van der Waals surface area contributed by atoms with E-state index < -0.39 is 0 Å². The number of hydrogen-bond acceptors (Lipinski definition) is 2. The molecule has 1 aromatic carbocycles. The van der Waals surface area contributed by atoms with Crippen molar-refractivity contribution in [3.05, 3.63) is 29.3 Å². The maximum atomic E-state index is 6.27. The van der Waals surface area contributed by atoms with E-state index in [0.717, 1.165) is 18.5 Å². The van der Waals surface area contributed by atoms with Crippen molar-refractivity contribution in [3.63, 3.8) is 0 Å². The van der Waals surface area contributed by atoms with Crippen molar-refractivity contribution in [2.24, 2.45) is 17.6 Å². The van der Waals surface area contributed by atoms with Crippen LogP contribution in [0.25, 0.3) is 0 Å². The minimum atomic E-state index is 0.415. The van der Waals surface area contributed by atoms with Crippen LogP contribution in [-0.4, -0.2) is 6.04 Å². The topological polar surface area (TPSA) is 52.0 Å². The molecule has 2 bridgehead atoms. The van der Waals surface area contributed by atoms with Crippen molar-refractivity contribution >= 4 is 5.69 Å². The van der Waals surface area contributed by atoms with Gasteiger partial charge in [-0.15, -0.1) is 0 Å². The number of nitrogen functional groups attached to an aromatic ring is 1. The van der Waals surface area contributed by atoms with E-state index in [2.05, 4.69) is 12.1 Å². The maximum absolute atomic E-state index is 6.27. The Labute approximate surface area is 90.7 Å². The van der Waals surface area contributed by atoms with Gasteiger partial charge in [-0.1, -0.05) is 6.07 Å². The van der Waals surface area contributed by atoms with E-state index in [1.54, 1.807) is 0 Å². The Bertz CT molecular complexity index is 386. The molecule has 0 saturated heterocycles. The smallest absolute Gasteiger partial charge is 0.0316 e. The molecule has 2 heteroatoms. The molecule has 1 saturated carbocycles. The van der Waals surface area contributed by atoms with Crippen LogP contribution in [0.15, 0.2) is 18.2 Å². The van der Waals surface area contributed by atoms with Crippen molar-refractivity contribution in [3.8, 4) is 0 Å². The minimum Gasteiger partial charge on any atom is -0.399 e. The van der Waals surface area contributed by atoms with Gasteiger partial charge in [-0.05, 0) is 60.8 Å². The zero-order valence-electron chi connectivity index (χ0n) is 8.95. The Hall–Kier alpha value is -1.02. The molecule has 0 spiro atoms. The highest BCUT2D eigenvalue weighted by molar-refractivity contribution is 5.46. The maximum Gasteiger partial charge on any atom is 0.0316 e. The third-order valence-electron chi connectivity index (χ3n) is 4.19. The predicted molar refractivity (Wildman–Crippen MR) is 62.5 cm³/mol. The zero-order valence-corrected chi connectivity index (χ0v) is 8.95. The van der Waals surface area contributed by atoms with Crippen LogP contribution in [0.4, 0.5) is 5.69 Å². The number of anilines is 1. The molecule has 2 aliphatic rings.